The van der Waals surface area contributed by atoms with Gasteiger partial charge >= 0.3 is 11.7 Å². The summed E-state index contributed by atoms with van der Waals surface area (Å²) in [7, 11) is 1.66. The maximum Gasteiger partial charge on any atom is 0.326 e. The third kappa shape index (κ3) is 4.85. The highest BCUT2D eigenvalue weighted by Gasteiger charge is 2.39. The van der Waals surface area contributed by atoms with Crippen molar-refractivity contribution in [1.29, 1.82) is 0 Å². The Balaban J connectivity index is 1.74. The standard InChI is InChI=1S/C28H32FN3O4/c1-5-14-36-27(34)20-9-6-8-19(20)26(33)30-24(17-12-13-18(16(2)3)22(29)15-17)21-10-7-11-23-25(21)31-28(35)32(23)4/h5,7,10-13,15-16,19-20,24H,1,6,8-9,14H2,2-4H3,(H,30,33)(H,31,35)/t19-,20+,24-/m1/s1. The molecule has 36 heavy (non-hydrogen) atoms. The van der Waals surface area contributed by atoms with Crippen molar-refractivity contribution >= 4 is 22.9 Å². The van der Waals surface area contributed by atoms with Crippen molar-refractivity contribution in [1.82, 2.24) is 14.9 Å². The van der Waals surface area contributed by atoms with Gasteiger partial charge < -0.3 is 15.0 Å². The number of aromatic nitrogens is 2. The molecule has 0 radical (unpaired) electrons. The van der Waals surface area contributed by atoms with Crippen LogP contribution in [0, 0.1) is 17.7 Å². The molecule has 1 amide bonds. The van der Waals surface area contributed by atoms with Crippen molar-refractivity contribution < 1.29 is 18.7 Å². The molecule has 1 heterocycles. The molecule has 1 aromatic heterocycles. The lowest BCUT2D eigenvalue weighted by molar-refractivity contribution is -0.151. The Morgan fingerprint density at radius 1 is 1.22 bits per heavy atom. The Morgan fingerprint density at radius 3 is 2.67 bits per heavy atom. The second kappa shape index (κ2) is 10.5. The summed E-state index contributed by atoms with van der Waals surface area (Å²) in [6.45, 7) is 7.49. The quantitative estimate of drug-likeness (QED) is 0.357. The van der Waals surface area contributed by atoms with Crippen LogP contribution < -0.4 is 11.0 Å². The minimum atomic E-state index is -0.736. The van der Waals surface area contributed by atoms with Crippen LogP contribution in [0.5, 0.6) is 0 Å². The van der Waals surface area contributed by atoms with Crippen molar-refractivity contribution in [3.05, 3.63) is 82.0 Å². The monoisotopic (exact) mass is 493 g/mol. The summed E-state index contributed by atoms with van der Waals surface area (Å²) in [5.74, 6) is -2.17. The molecule has 0 spiro atoms. The number of amides is 1. The van der Waals surface area contributed by atoms with Crippen LogP contribution in [0.2, 0.25) is 0 Å². The average molecular weight is 494 g/mol. The van der Waals surface area contributed by atoms with E-state index in [1.54, 1.807) is 31.3 Å². The molecule has 1 aliphatic rings. The van der Waals surface area contributed by atoms with Crippen LogP contribution in [0.25, 0.3) is 11.0 Å². The molecule has 1 aliphatic carbocycles. The molecule has 0 aliphatic heterocycles. The number of carbonyl (C=O) groups excluding carboxylic acids is 2. The van der Waals surface area contributed by atoms with Crippen molar-refractivity contribution in [2.24, 2.45) is 18.9 Å². The maximum absolute atomic E-state index is 15.0. The van der Waals surface area contributed by atoms with Crippen LogP contribution in [-0.4, -0.2) is 28.0 Å². The van der Waals surface area contributed by atoms with Gasteiger partial charge in [0, 0.05) is 12.6 Å². The number of rotatable bonds is 8. The summed E-state index contributed by atoms with van der Waals surface area (Å²) in [5.41, 5.74) is 2.71. The molecule has 7 nitrogen and oxygen atoms in total. The molecule has 0 bridgehead atoms. The second-order valence-corrected chi connectivity index (χ2v) is 9.67. The number of H-pyrrole nitrogens is 1. The number of esters is 1. The highest BCUT2D eigenvalue weighted by molar-refractivity contribution is 5.87. The van der Waals surface area contributed by atoms with Gasteiger partial charge in [-0.3, -0.25) is 14.2 Å². The minimum absolute atomic E-state index is 0.00169. The summed E-state index contributed by atoms with van der Waals surface area (Å²) in [6, 6.07) is 9.64. The van der Waals surface area contributed by atoms with Crippen LogP contribution >= 0.6 is 0 Å². The van der Waals surface area contributed by atoms with E-state index in [0.717, 1.165) is 6.42 Å². The number of imidazole rings is 1. The molecule has 0 unspecified atom stereocenters. The molecule has 3 aromatic rings. The molecule has 2 aromatic carbocycles. The number of halogens is 1. The van der Waals surface area contributed by atoms with E-state index in [2.05, 4.69) is 16.9 Å². The van der Waals surface area contributed by atoms with Crippen molar-refractivity contribution in [3.8, 4) is 0 Å². The van der Waals surface area contributed by atoms with Crippen LogP contribution in [0.4, 0.5) is 4.39 Å². The summed E-state index contributed by atoms with van der Waals surface area (Å²) < 4.78 is 21.8. The molecule has 3 atom stereocenters. The van der Waals surface area contributed by atoms with Gasteiger partial charge in [0.2, 0.25) is 5.91 Å². The van der Waals surface area contributed by atoms with Gasteiger partial charge in [-0.2, -0.15) is 0 Å². The van der Waals surface area contributed by atoms with Crippen molar-refractivity contribution in [2.45, 2.75) is 45.1 Å². The SMILES string of the molecule is C=CCOC(=O)[C@H]1CCC[C@H]1C(=O)N[C@H](c1ccc(C(C)C)c(F)c1)c1cccc2c1[nH]c(=O)n2C. The predicted octanol–water partition coefficient (Wildman–Crippen LogP) is 4.48. The first-order chi connectivity index (χ1) is 17.2. The van der Waals surface area contributed by atoms with E-state index in [1.807, 2.05) is 19.9 Å². The van der Waals surface area contributed by atoms with Gasteiger partial charge in [0.15, 0.2) is 0 Å². The zero-order chi connectivity index (χ0) is 26.0. The first-order valence-electron chi connectivity index (χ1n) is 12.3. The van der Waals surface area contributed by atoms with Crippen LogP contribution in [0.15, 0.2) is 53.8 Å². The van der Waals surface area contributed by atoms with E-state index in [4.69, 9.17) is 4.74 Å². The number of hydrogen-bond acceptors (Lipinski definition) is 4. The van der Waals surface area contributed by atoms with Crippen LogP contribution in [-0.2, 0) is 21.4 Å². The molecule has 2 N–H and O–H groups in total. The first kappa shape index (κ1) is 25.4. The third-order valence-corrected chi connectivity index (χ3v) is 7.05. The van der Waals surface area contributed by atoms with E-state index in [9.17, 15) is 14.4 Å². The fraction of sp³-hybridized carbons (Fsp3) is 0.393. The fourth-order valence-corrected chi connectivity index (χ4v) is 5.10. The molecular weight excluding hydrogens is 461 g/mol. The van der Waals surface area contributed by atoms with E-state index < -0.39 is 23.8 Å². The van der Waals surface area contributed by atoms with Gasteiger partial charge in [-0.25, -0.2) is 9.18 Å². The Morgan fingerprint density at radius 2 is 1.97 bits per heavy atom. The molecular formula is C28H32FN3O4. The van der Waals surface area contributed by atoms with E-state index >= 15 is 4.39 Å². The van der Waals surface area contributed by atoms with E-state index in [1.165, 1.54) is 16.7 Å². The predicted molar refractivity (Wildman–Crippen MR) is 136 cm³/mol. The number of carbonyl (C=O) groups is 2. The van der Waals surface area contributed by atoms with Crippen molar-refractivity contribution in [2.75, 3.05) is 6.61 Å². The Hall–Kier alpha value is -3.68. The largest absolute Gasteiger partial charge is 0.461 e. The van der Waals surface area contributed by atoms with Gasteiger partial charge in [-0.05, 0) is 42.0 Å². The Kier molecular flexibility index (Phi) is 7.43. The molecule has 1 saturated carbocycles. The summed E-state index contributed by atoms with van der Waals surface area (Å²) in [4.78, 5) is 41.3. The van der Waals surface area contributed by atoms with Gasteiger partial charge in [0.25, 0.3) is 0 Å². The lowest BCUT2D eigenvalue weighted by Crippen LogP contribution is -2.38. The molecule has 1 fully saturated rings. The number of ether oxygens (including phenoxy) is 1. The topological polar surface area (TPSA) is 93.2 Å². The number of fused-ring (bicyclic) bond motifs is 1. The normalized spacial score (nSPS) is 18.4. The molecule has 8 heteroatoms. The van der Waals surface area contributed by atoms with Crippen LogP contribution in [0.1, 0.15) is 61.8 Å². The van der Waals surface area contributed by atoms with Gasteiger partial charge in [-0.1, -0.05) is 57.2 Å². The lowest BCUT2D eigenvalue weighted by Gasteiger charge is -2.25. The maximum atomic E-state index is 15.0. The second-order valence-electron chi connectivity index (χ2n) is 9.67. The first-order valence-corrected chi connectivity index (χ1v) is 12.3. The molecule has 4 rings (SSSR count). The Labute approximate surface area is 209 Å². The number of nitrogens with zero attached hydrogens (tertiary/aromatic N) is 1. The number of benzene rings is 2. The number of nitrogens with one attached hydrogen (secondary N) is 2. The van der Waals surface area contributed by atoms with Crippen molar-refractivity contribution in [3.63, 3.8) is 0 Å². The Bertz CT molecular complexity index is 1360. The third-order valence-electron chi connectivity index (χ3n) is 7.05. The molecule has 0 saturated heterocycles. The van der Waals surface area contributed by atoms with Crippen LogP contribution in [0.3, 0.4) is 0 Å². The summed E-state index contributed by atoms with van der Waals surface area (Å²) in [6.07, 6.45) is 3.35. The highest BCUT2D eigenvalue weighted by Crippen LogP contribution is 2.35. The smallest absolute Gasteiger partial charge is 0.326 e. The number of aryl methyl sites for hydroxylation is 1. The number of para-hydroxylation sites is 1. The summed E-state index contributed by atoms with van der Waals surface area (Å²) >= 11 is 0. The average Bonchev–Trinajstić information content (AvgIpc) is 3.46. The van der Waals surface area contributed by atoms with E-state index in [-0.39, 0.29) is 29.9 Å². The number of aromatic amines is 1. The summed E-state index contributed by atoms with van der Waals surface area (Å²) in [5, 5.41) is 3.06. The lowest BCUT2D eigenvalue weighted by atomic mass is 9.91. The van der Waals surface area contributed by atoms with Gasteiger partial charge in [0.1, 0.15) is 12.4 Å². The number of hydrogen-bond donors (Lipinski definition) is 2. The highest BCUT2D eigenvalue weighted by atomic mass is 19.1. The molecule has 190 valence electrons. The zero-order valence-electron chi connectivity index (χ0n) is 20.8. The zero-order valence-corrected chi connectivity index (χ0v) is 20.8. The van der Waals surface area contributed by atoms with Gasteiger partial charge in [0.05, 0.1) is 28.9 Å². The fourth-order valence-electron chi connectivity index (χ4n) is 5.10. The van der Waals surface area contributed by atoms with E-state index in [0.29, 0.717) is 40.6 Å². The minimum Gasteiger partial charge on any atom is -0.461 e. The van der Waals surface area contributed by atoms with Gasteiger partial charge in [-0.15, -0.1) is 0 Å².